The third kappa shape index (κ3) is 5.39. The molecule has 1 aliphatic heterocycles. The zero-order valence-corrected chi connectivity index (χ0v) is 16.4. The average Bonchev–Trinajstić information content (AvgIpc) is 2.59. The first-order valence-corrected chi connectivity index (χ1v) is 9.85. The Morgan fingerprint density at radius 2 is 1.70 bits per heavy atom. The lowest BCUT2D eigenvalue weighted by Gasteiger charge is -2.46. The van der Waals surface area contributed by atoms with E-state index in [-0.39, 0.29) is 30.0 Å². The molecule has 2 fully saturated rings. The Morgan fingerprint density at radius 1 is 1.04 bits per heavy atom. The molecule has 1 saturated carbocycles. The van der Waals surface area contributed by atoms with Gasteiger partial charge >= 0.3 is 0 Å². The highest BCUT2D eigenvalue weighted by atomic mass is 16.7. The molecule has 2 rings (SSSR count). The highest BCUT2D eigenvalue weighted by Crippen LogP contribution is 2.46. The summed E-state index contributed by atoms with van der Waals surface area (Å²) in [6.45, 7) is 5.58. The Hall–Kier alpha value is -0.320. The lowest BCUT2D eigenvalue weighted by atomic mass is 9.61. The van der Waals surface area contributed by atoms with Gasteiger partial charge in [-0.25, -0.2) is 0 Å². The predicted molar refractivity (Wildman–Crippen MR) is 96.6 cm³/mol. The van der Waals surface area contributed by atoms with Gasteiger partial charge in [0.1, 0.15) is 24.4 Å². The van der Waals surface area contributed by atoms with Crippen molar-refractivity contribution in [1.82, 2.24) is 0 Å². The van der Waals surface area contributed by atoms with Crippen molar-refractivity contribution in [3.8, 4) is 0 Å². The van der Waals surface area contributed by atoms with Gasteiger partial charge in [-0.3, -0.25) is 0 Å². The minimum atomic E-state index is -1.45. The number of hydrogen-bond acceptors (Lipinski definition) is 8. The second-order valence-corrected chi connectivity index (χ2v) is 8.85. The third-order valence-electron chi connectivity index (χ3n) is 6.24. The maximum Gasteiger partial charge on any atom is 0.186 e. The molecule has 0 radical (unpaired) electrons. The van der Waals surface area contributed by atoms with Crippen LogP contribution in [0.25, 0.3) is 0 Å². The minimum absolute atomic E-state index is 0.0307. The van der Waals surface area contributed by atoms with Crippen molar-refractivity contribution in [1.29, 1.82) is 0 Å². The zero-order chi connectivity index (χ0) is 20.4. The molecule has 2 aliphatic rings. The van der Waals surface area contributed by atoms with Crippen molar-refractivity contribution in [2.24, 2.45) is 17.3 Å². The molecule has 9 atom stereocenters. The fraction of sp³-hybridized carbons (Fsp3) is 1.00. The van der Waals surface area contributed by atoms with Crippen LogP contribution in [0.4, 0.5) is 0 Å². The Morgan fingerprint density at radius 3 is 2.30 bits per heavy atom. The third-order valence-corrected chi connectivity index (χ3v) is 6.24. The largest absolute Gasteiger partial charge is 0.396 e. The molecule has 27 heavy (non-hydrogen) atoms. The van der Waals surface area contributed by atoms with E-state index in [0.29, 0.717) is 19.3 Å². The van der Waals surface area contributed by atoms with Crippen molar-refractivity contribution in [2.45, 2.75) is 89.4 Å². The Bertz CT molecular complexity index is 457. The first kappa shape index (κ1) is 23.0. The topological polar surface area (TPSA) is 140 Å². The predicted octanol–water partition coefficient (Wildman–Crippen LogP) is -0.623. The highest BCUT2D eigenvalue weighted by Gasteiger charge is 2.45. The van der Waals surface area contributed by atoms with E-state index in [4.69, 9.17) is 9.47 Å². The van der Waals surface area contributed by atoms with E-state index < -0.39 is 43.4 Å². The number of aliphatic hydroxyl groups is 6. The van der Waals surface area contributed by atoms with Crippen LogP contribution in [0.2, 0.25) is 0 Å². The van der Waals surface area contributed by atoms with Gasteiger partial charge in [0.2, 0.25) is 0 Å². The van der Waals surface area contributed by atoms with E-state index in [2.05, 4.69) is 13.8 Å². The summed E-state index contributed by atoms with van der Waals surface area (Å²) in [7, 11) is 0. The van der Waals surface area contributed by atoms with Gasteiger partial charge in [-0.15, -0.1) is 0 Å². The van der Waals surface area contributed by atoms with E-state index in [0.717, 1.165) is 6.42 Å². The maximum absolute atomic E-state index is 10.1. The number of rotatable bonds is 7. The number of ether oxygens (including phenoxy) is 2. The van der Waals surface area contributed by atoms with Crippen molar-refractivity contribution in [3.05, 3.63) is 0 Å². The van der Waals surface area contributed by atoms with Gasteiger partial charge in [0, 0.05) is 6.61 Å². The summed E-state index contributed by atoms with van der Waals surface area (Å²) in [6, 6.07) is 0. The van der Waals surface area contributed by atoms with Crippen LogP contribution in [-0.2, 0) is 9.47 Å². The van der Waals surface area contributed by atoms with Crippen LogP contribution in [0, 0.1) is 17.3 Å². The molecule has 0 aromatic rings. The molecular weight excluding hydrogens is 356 g/mol. The van der Waals surface area contributed by atoms with Crippen molar-refractivity contribution < 1.29 is 40.1 Å². The Kier molecular flexibility index (Phi) is 8.04. The van der Waals surface area contributed by atoms with E-state index in [1.54, 1.807) is 0 Å². The van der Waals surface area contributed by atoms with Crippen molar-refractivity contribution >= 4 is 0 Å². The summed E-state index contributed by atoms with van der Waals surface area (Å²) in [4.78, 5) is 0. The fourth-order valence-electron chi connectivity index (χ4n) is 4.71. The lowest BCUT2D eigenvalue weighted by molar-refractivity contribution is -0.310. The van der Waals surface area contributed by atoms with Crippen LogP contribution in [0.15, 0.2) is 0 Å². The molecule has 0 unspecified atom stereocenters. The van der Waals surface area contributed by atoms with Crippen LogP contribution in [0.3, 0.4) is 0 Å². The summed E-state index contributed by atoms with van der Waals surface area (Å²) in [5.41, 5.74) is -0.103. The zero-order valence-electron chi connectivity index (χ0n) is 16.4. The van der Waals surface area contributed by atoms with E-state index >= 15 is 0 Å². The van der Waals surface area contributed by atoms with Gasteiger partial charge in [-0.05, 0) is 49.9 Å². The second-order valence-electron chi connectivity index (χ2n) is 8.85. The molecule has 0 amide bonds. The Labute approximate surface area is 160 Å². The molecule has 1 saturated heterocycles. The van der Waals surface area contributed by atoms with Gasteiger partial charge in [0.15, 0.2) is 6.29 Å². The second kappa shape index (κ2) is 9.45. The van der Waals surface area contributed by atoms with E-state index in [9.17, 15) is 30.6 Å². The quantitative estimate of drug-likeness (QED) is 0.337. The first-order valence-electron chi connectivity index (χ1n) is 9.85. The summed E-state index contributed by atoms with van der Waals surface area (Å²) in [6.07, 6.45) is -4.36. The molecule has 8 nitrogen and oxygen atoms in total. The van der Waals surface area contributed by atoms with Crippen LogP contribution < -0.4 is 0 Å². The van der Waals surface area contributed by atoms with E-state index in [1.807, 2.05) is 6.92 Å². The lowest BCUT2D eigenvalue weighted by Crippen LogP contribution is -2.59. The number of aliphatic hydroxyl groups excluding tert-OH is 6. The standard InChI is InChI=1S/C19H36O8/c1-10(26-18-17(25)16(24)15(23)14(9-21)27-18)4-5-13-11(8-20)6-12(22)7-19(13,2)3/h10-18,20-25H,4-9H2,1-3H3/t10-,11+,12-,13+,14-,15-,16+,17-,18-/m0/s1. The molecule has 0 bridgehead atoms. The summed E-state index contributed by atoms with van der Waals surface area (Å²) < 4.78 is 11.1. The average molecular weight is 392 g/mol. The number of hydrogen-bond donors (Lipinski definition) is 6. The minimum Gasteiger partial charge on any atom is -0.396 e. The molecule has 6 N–H and O–H groups in total. The van der Waals surface area contributed by atoms with Gasteiger partial charge in [-0.2, -0.15) is 0 Å². The summed E-state index contributed by atoms with van der Waals surface area (Å²) in [5, 5.41) is 58.8. The molecule has 0 aromatic heterocycles. The molecule has 8 heteroatoms. The first-order chi connectivity index (χ1) is 12.6. The SMILES string of the molecule is C[C@@H](CC[C@@H]1[C@@H](CO)C[C@H](O)CC1(C)C)O[C@H]1O[C@@H](CO)[C@H](O)[C@@H](O)[C@@H]1O. The normalized spacial score (nSPS) is 43.4. The maximum atomic E-state index is 10.1. The molecule has 0 spiro atoms. The highest BCUT2D eigenvalue weighted by molar-refractivity contribution is 4.92. The summed E-state index contributed by atoms with van der Waals surface area (Å²) >= 11 is 0. The molecular formula is C19H36O8. The summed E-state index contributed by atoms with van der Waals surface area (Å²) in [5.74, 6) is 0.259. The molecule has 0 aromatic carbocycles. The fourth-order valence-corrected chi connectivity index (χ4v) is 4.71. The van der Waals surface area contributed by atoms with Gasteiger partial charge in [-0.1, -0.05) is 13.8 Å². The van der Waals surface area contributed by atoms with Crippen LogP contribution in [0.5, 0.6) is 0 Å². The van der Waals surface area contributed by atoms with Crippen LogP contribution >= 0.6 is 0 Å². The smallest absolute Gasteiger partial charge is 0.186 e. The van der Waals surface area contributed by atoms with Crippen LogP contribution in [-0.4, -0.2) is 86.8 Å². The molecule has 160 valence electrons. The van der Waals surface area contributed by atoms with Crippen molar-refractivity contribution in [3.63, 3.8) is 0 Å². The monoisotopic (exact) mass is 392 g/mol. The van der Waals surface area contributed by atoms with Crippen molar-refractivity contribution in [2.75, 3.05) is 13.2 Å². The van der Waals surface area contributed by atoms with Gasteiger partial charge in [0.05, 0.1) is 18.8 Å². The van der Waals surface area contributed by atoms with Crippen LogP contribution in [0.1, 0.15) is 46.5 Å². The van der Waals surface area contributed by atoms with Gasteiger partial charge in [0.25, 0.3) is 0 Å². The van der Waals surface area contributed by atoms with E-state index in [1.165, 1.54) is 0 Å². The van der Waals surface area contributed by atoms with Gasteiger partial charge < -0.3 is 40.1 Å². The molecule has 1 aliphatic carbocycles. The molecule has 1 heterocycles. The Balaban J connectivity index is 1.92.